The van der Waals surface area contributed by atoms with Crippen LogP contribution in [0, 0.1) is 6.92 Å². The van der Waals surface area contributed by atoms with E-state index in [1.54, 1.807) is 13.1 Å². The Hall–Kier alpha value is -3.00. The lowest BCUT2D eigenvalue weighted by molar-refractivity contribution is -0.131. The maximum atomic E-state index is 12.7. The average molecular weight is 398 g/mol. The second kappa shape index (κ2) is 8.35. The molecule has 0 bridgehead atoms. The number of aromatic nitrogens is 2. The van der Waals surface area contributed by atoms with Gasteiger partial charge in [0.15, 0.2) is 0 Å². The number of thiophene rings is 1. The molecule has 146 valence electrons. The molecule has 0 aliphatic heterocycles. The van der Waals surface area contributed by atoms with Crippen molar-refractivity contribution >= 4 is 33.4 Å². The number of fused-ring (bicyclic) bond motifs is 1. The van der Waals surface area contributed by atoms with Crippen LogP contribution in [0.1, 0.15) is 36.3 Å². The molecule has 0 saturated carbocycles. The summed E-state index contributed by atoms with van der Waals surface area (Å²) in [7, 11) is 1.65. The molecule has 1 unspecified atom stereocenters. The highest BCUT2D eigenvalue weighted by Crippen LogP contribution is 2.19. The zero-order valence-corrected chi connectivity index (χ0v) is 16.8. The van der Waals surface area contributed by atoms with Crippen molar-refractivity contribution in [3.05, 3.63) is 63.0 Å². The number of nitrogens with zero attached hydrogens (tertiary/aromatic N) is 2. The molecule has 2 aromatic heterocycles. The van der Waals surface area contributed by atoms with Gasteiger partial charge < -0.3 is 15.2 Å². The highest BCUT2D eigenvalue weighted by Gasteiger charge is 2.20. The fourth-order valence-electron chi connectivity index (χ4n) is 2.94. The van der Waals surface area contributed by atoms with Crippen LogP contribution in [0.25, 0.3) is 10.2 Å². The summed E-state index contributed by atoms with van der Waals surface area (Å²) in [4.78, 5) is 45.0. The van der Waals surface area contributed by atoms with Crippen molar-refractivity contribution < 1.29 is 9.59 Å². The summed E-state index contributed by atoms with van der Waals surface area (Å²) in [6, 6.07) is 9.08. The number of aromatic amines is 1. The maximum absolute atomic E-state index is 12.7. The third-order valence-electron chi connectivity index (χ3n) is 4.41. The minimum Gasteiger partial charge on any atom is -0.349 e. The smallest absolute Gasteiger partial charge is 0.268 e. The molecule has 0 aliphatic rings. The molecule has 0 spiro atoms. The first-order valence-corrected chi connectivity index (χ1v) is 9.75. The van der Waals surface area contributed by atoms with E-state index in [4.69, 9.17) is 0 Å². The number of amides is 2. The molecule has 2 heterocycles. The highest BCUT2D eigenvalue weighted by molar-refractivity contribution is 7.17. The van der Waals surface area contributed by atoms with Gasteiger partial charge in [0.1, 0.15) is 10.5 Å². The van der Waals surface area contributed by atoms with Gasteiger partial charge in [-0.1, -0.05) is 29.8 Å². The largest absolute Gasteiger partial charge is 0.349 e. The lowest BCUT2D eigenvalue weighted by Gasteiger charge is -2.22. The van der Waals surface area contributed by atoms with E-state index in [0.717, 1.165) is 11.1 Å². The molecule has 7 nitrogen and oxygen atoms in total. The Balaban J connectivity index is 1.73. The summed E-state index contributed by atoms with van der Waals surface area (Å²) in [5.74, 6) is 0.0699. The third-order valence-corrected chi connectivity index (χ3v) is 5.31. The van der Waals surface area contributed by atoms with Gasteiger partial charge in [0.2, 0.25) is 11.8 Å². The predicted octanol–water partition coefficient (Wildman–Crippen LogP) is 2.52. The van der Waals surface area contributed by atoms with Crippen LogP contribution in [0.2, 0.25) is 0 Å². The molecule has 0 fully saturated rings. The van der Waals surface area contributed by atoms with E-state index in [2.05, 4.69) is 15.3 Å². The first kappa shape index (κ1) is 19.8. The van der Waals surface area contributed by atoms with Crippen molar-refractivity contribution in [2.24, 2.45) is 0 Å². The Kier molecular flexibility index (Phi) is 5.89. The van der Waals surface area contributed by atoms with E-state index in [9.17, 15) is 14.4 Å². The van der Waals surface area contributed by atoms with Gasteiger partial charge in [0, 0.05) is 14.0 Å². The lowest BCUT2D eigenvalue weighted by Crippen LogP contribution is -2.34. The van der Waals surface area contributed by atoms with Crippen LogP contribution in [-0.4, -0.2) is 33.7 Å². The molecule has 3 aromatic rings. The van der Waals surface area contributed by atoms with E-state index in [0.29, 0.717) is 16.0 Å². The summed E-state index contributed by atoms with van der Waals surface area (Å²) in [5, 5.41) is 4.65. The van der Waals surface area contributed by atoms with E-state index >= 15 is 0 Å². The molecule has 8 heteroatoms. The second-order valence-corrected chi connectivity index (χ2v) is 7.68. The first-order chi connectivity index (χ1) is 13.3. The van der Waals surface area contributed by atoms with Crippen LogP contribution in [0.4, 0.5) is 0 Å². The Labute approximate surface area is 166 Å². The lowest BCUT2D eigenvalue weighted by atomic mass is 10.0. The molecule has 1 aromatic carbocycles. The SMILES string of the molecule is CC(=O)NC(CC(=O)N(C)Cc1nc2ccsc2c(=O)[nH]1)c1ccc(C)cc1. The first-order valence-electron chi connectivity index (χ1n) is 8.87. The van der Waals surface area contributed by atoms with Gasteiger partial charge in [0.25, 0.3) is 5.56 Å². The summed E-state index contributed by atoms with van der Waals surface area (Å²) < 4.78 is 0.572. The zero-order valence-electron chi connectivity index (χ0n) is 16.0. The van der Waals surface area contributed by atoms with E-state index in [1.165, 1.54) is 23.2 Å². The van der Waals surface area contributed by atoms with Crippen molar-refractivity contribution in [2.45, 2.75) is 32.9 Å². The molecule has 3 rings (SSSR count). The van der Waals surface area contributed by atoms with Crippen LogP contribution >= 0.6 is 11.3 Å². The van der Waals surface area contributed by atoms with Gasteiger partial charge in [-0.25, -0.2) is 4.98 Å². The highest BCUT2D eigenvalue weighted by atomic mass is 32.1. The number of carbonyl (C=O) groups excluding carboxylic acids is 2. The van der Waals surface area contributed by atoms with Crippen LogP contribution in [-0.2, 0) is 16.1 Å². The van der Waals surface area contributed by atoms with E-state index < -0.39 is 6.04 Å². The summed E-state index contributed by atoms with van der Waals surface area (Å²) in [6.45, 7) is 3.59. The number of carbonyl (C=O) groups is 2. The number of hydrogen-bond donors (Lipinski definition) is 2. The Morgan fingerprint density at radius 3 is 2.64 bits per heavy atom. The van der Waals surface area contributed by atoms with Crippen LogP contribution < -0.4 is 10.9 Å². The number of rotatable bonds is 6. The van der Waals surface area contributed by atoms with Gasteiger partial charge >= 0.3 is 0 Å². The van der Waals surface area contributed by atoms with Crippen LogP contribution in [0.15, 0.2) is 40.5 Å². The Morgan fingerprint density at radius 1 is 1.25 bits per heavy atom. The second-order valence-electron chi connectivity index (χ2n) is 6.77. The topological polar surface area (TPSA) is 95.2 Å². The van der Waals surface area contributed by atoms with Gasteiger partial charge in [-0.2, -0.15) is 0 Å². The van der Waals surface area contributed by atoms with Crippen molar-refractivity contribution in [3.63, 3.8) is 0 Å². The summed E-state index contributed by atoms with van der Waals surface area (Å²) in [5.41, 5.74) is 2.40. The summed E-state index contributed by atoms with van der Waals surface area (Å²) in [6.07, 6.45) is 0.115. The van der Waals surface area contributed by atoms with Gasteiger partial charge in [-0.15, -0.1) is 11.3 Å². The standard InChI is InChI=1S/C20H22N4O3S/c1-12-4-6-14(7-5-12)16(21-13(2)25)10-18(26)24(3)11-17-22-15-8-9-28-19(15)20(27)23-17/h4-9,16H,10-11H2,1-3H3,(H,21,25)(H,22,23,27). The molecule has 2 amide bonds. The number of H-pyrrole nitrogens is 1. The maximum Gasteiger partial charge on any atom is 0.268 e. The number of aryl methyl sites for hydroxylation is 1. The molecule has 2 N–H and O–H groups in total. The minimum absolute atomic E-state index is 0.115. The zero-order chi connectivity index (χ0) is 20.3. The number of nitrogens with one attached hydrogen (secondary N) is 2. The monoisotopic (exact) mass is 398 g/mol. The normalized spacial score (nSPS) is 12.0. The van der Waals surface area contributed by atoms with Crippen molar-refractivity contribution in [1.29, 1.82) is 0 Å². The molecule has 0 radical (unpaired) electrons. The van der Waals surface area contributed by atoms with Crippen molar-refractivity contribution in [1.82, 2.24) is 20.2 Å². The minimum atomic E-state index is -0.417. The molecule has 1 atom stereocenters. The quantitative estimate of drug-likeness (QED) is 0.667. The average Bonchev–Trinajstić information content (AvgIpc) is 3.10. The Bertz CT molecular complexity index is 1060. The van der Waals surface area contributed by atoms with Crippen molar-refractivity contribution in [3.8, 4) is 0 Å². The van der Waals surface area contributed by atoms with Gasteiger partial charge in [0.05, 0.1) is 24.5 Å². The van der Waals surface area contributed by atoms with E-state index in [-0.39, 0.29) is 30.3 Å². The molecular weight excluding hydrogens is 376 g/mol. The van der Waals surface area contributed by atoms with E-state index in [1.807, 2.05) is 36.6 Å². The van der Waals surface area contributed by atoms with Crippen LogP contribution in [0.3, 0.4) is 0 Å². The third kappa shape index (κ3) is 4.64. The number of hydrogen-bond acceptors (Lipinski definition) is 5. The van der Waals surface area contributed by atoms with Gasteiger partial charge in [-0.3, -0.25) is 14.4 Å². The fraction of sp³-hybridized carbons (Fsp3) is 0.300. The van der Waals surface area contributed by atoms with Crippen LogP contribution in [0.5, 0.6) is 0 Å². The summed E-state index contributed by atoms with van der Waals surface area (Å²) >= 11 is 1.33. The molecule has 0 aliphatic carbocycles. The fourth-order valence-corrected chi connectivity index (χ4v) is 3.66. The molecule has 28 heavy (non-hydrogen) atoms. The molecular formula is C20H22N4O3S. The Morgan fingerprint density at radius 2 is 1.96 bits per heavy atom. The van der Waals surface area contributed by atoms with Crippen molar-refractivity contribution in [2.75, 3.05) is 7.05 Å². The molecule has 0 saturated heterocycles. The number of benzene rings is 1. The predicted molar refractivity (Wildman–Crippen MR) is 109 cm³/mol. The van der Waals surface area contributed by atoms with Gasteiger partial charge in [-0.05, 0) is 23.9 Å².